The summed E-state index contributed by atoms with van der Waals surface area (Å²) in [6.07, 6.45) is 30.5. The van der Waals surface area contributed by atoms with Crippen molar-refractivity contribution in [2.24, 2.45) is 0 Å². The molecule has 0 aliphatic carbocycles. The third kappa shape index (κ3) is 48.0. The molecular formula is C40H78NO16+. The van der Waals surface area contributed by atoms with Crippen LogP contribution < -0.4 is 0 Å². The van der Waals surface area contributed by atoms with Crippen LogP contribution in [0, 0.1) is 0 Å². The van der Waals surface area contributed by atoms with Crippen LogP contribution in [0.25, 0.3) is 0 Å². The number of unbranched alkanes of at least 4 members (excludes halogenated alkanes) is 18. The second kappa shape index (κ2) is 46.4. The second-order valence-corrected chi connectivity index (χ2v) is 14.1. The Morgan fingerprint density at radius 2 is 0.877 bits per heavy atom. The first kappa shape index (κ1) is 54.7. The van der Waals surface area contributed by atoms with Gasteiger partial charge in [0, 0.05) is 15.1 Å². The van der Waals surface area contributed by atoms with E-state index in [1.165, 1.54) is 122 Å². The average molecular weight is 829 g/mol. The van der Waals surface area contributed by atoms with Gasteiger partial charge in [0.25, 0.3) is 0 Å². The number of esters is 1. The molecule has 0 aliphatic rings. The normalized spacial score (nSPS) is 11.9. The predicted molar refractivity (Wildman–Crippen MR) is 209 cm³/mol. The summed E-state index contributed by atoms with van der Waals surface area (Å²) in [5, 5.41) is 21.6. The van der Waals surface area contributed by atoms with Crippen molar-refractivity contribution in [3.05, 3.63) is 25.0 Å². The van der Waals surface area contributed by atoms with E-state index in [4.69, 9.17) is 33.3 Å². The van der Waals surface area contributed by atoms with Crippen molar-refractivity contribution in [2.75, 3.05) is 87.0 Å². The highest BCUT2D eigenvalue weighted by molar-refractivity contribution is 5.70. The zero-order valence-electron chi connectivity index (χ0n) is 35.7. The molecule has 0 spiro atoms. The molecule has 0 bridgehead atoms. The van der Waals surface area contributed by atoms with Gasteiger partial charge in [0.15, 0.2) is 19.1 Å². The Hall–Kier alpha value is -2.29. The van der Waals surface area contributed by atoms with E-state index in [0.717, 1.165) is 31.9 Å². The Morgan fingerprint density at radius 1 is 0.439 bits per heavy atom. The topological polar surface area (TPSA) is 156 Å². The van der Waals surface area contributed by atoms with Gasteiger partial charge in [-0.05, 0) is 22.9 Å². The minimum absolute atomic E-state index is 0.00803. The smallest absolute Gasteiger partial charge is 0.361 e. The third-order valence-corrected chi connectivity index (χ3v) is 8.38. The highest BCUT2D eigenvalue weighted by Gasteiger charge is 2.21. The van der Waals surface area contributed by atoms with E-state index in [-0.39, 0.29) is 46.6 Å². The van der Waals surface area contributed by atoms with E-state index in [1.54, 1.807) is 0 Å². The molecule has 0 aromatic carbocycles. The van der Waals surface area contributed by atoms with Crippen LogP contribution in [0.15, 0.2) is 25.0 Å². The number of hydrogen-bond acceptors (Lipinski definition) is 16. The van der Waals surface area contributed by atoms with Crippen LogP contribution in [-0.4, -0.2) is 97.5 Å². The SMILES string of the molecule is CCCCCCCCCCCCO/C=C\OOOOOCCOC(=O)C[N+](C)(C)CCOCOCOCCOOOO/C=C/OCCCCCCCCCCCC. The van der Waals surface area contributed by atoms with Gasteiger partial charge in [0.2, 0.25) is 0 Å². The number of nitrogens with zero attached hydrogens (tertiary/aromatic N) is 1. The number of ether oxygens (including phenoxy) is 6. The monoisotopic (exact) mass is 829 g/mol. The van der Waals surface area contributed by atoms with Gasteiger partial charge in [-0.2, -0.15) is 0 Å². The van der Waals surface area contributed by atoms with E-state index >= 15 is 0 Å². The summed E-state index contributed by atoms with van der Waals surface area (Å²) in [4.78, 5) is 30.8. The summed E-state index contributed by atoms with van der Waals surface area (Å²) in [6, 6.07) is 0. The van der Waals surface area contributed by atoms with E-state index < -0.39 is 5.97 Å². The Morgan fingerprint density at radius 3 is 1.40 bits per heavy atom. The van der Waals surface area contributed by atoms with Crippen molar-refractivity contribution < 1.29 is 82.4 Å². The fourth-order valence-electron chi connectivity index (χ4n) is 5.14. The molecule has 0 rings (SSSR count). The van der Waals surface area contributed by atoms with Crippen molar-refractivity contribution in [1.82, 2.24) is 0 Å². The molecule has 17 nitrogen and oxygen atoms in total. The number of quaternary nitrogens is 1. The molecule has 0 aromatic heterocycles. The first-order chi connectivity index (χ1) is 28.0. The zero-order valence-corrected chi connectivity index (χ0v) is 35.7. The van der Waals surface area contributed by atoms with Crippen LogP contribution >= 0.6 is 0 Å². The summed E-state index contributed by atoms with van der Waals surface area (Å²) in [7, 11) is 3.75. The molecule has 338 valence electrons. The van der Waals surface area contributed by atoms with Crippen molar-refractivity contribution in [3.63, 3.8) is 0 Å². The molecule has 0 N–H and O–H groups in total. The van der Waals surface area contributed by atoms with Crippen molar-refractivity contribution in [2.45, 2.75) is 142 Å². The van der Waals surface area contributed by atoms with Crippen LogP contribution in [0.2, 0.25) is 0 Å². The summed E-state index contributed by atoms with van der Waals surface area (Å²) < 4.78 is 32.0. The van der Waals surface area contributed by atoms with Crippen LogP contribution in [0.4, 0.5) is 0 Å². The number of hydrogen-bond donors (Lipinski definition) is 0. The number of rotatable bonds is 48. The molecule has 0 atom stereocenters. The Bertz CT molecular complexity index is 867. The Balaban J connectivity index is 3.39. The highest BCUT2D eigenvalue weighted by Crippen LogP contribution is 2.12. The first-order valence-corrected chi connectivity index (χ1v) is 21.2. The lowest BCUT2D eigenvalue weighted by Gasteiger charge is -2.28. The number of likely N-dealkylation sites (N-methyl/N-ethyl adjacent to an activating group) is 1. The molecule has 0 fully saturated rings. The molecule has 57 heavy (non-hydrogen) atoms. The lowest BCUT2D eigenvalue weighted by atomic mass is 10.1. The van der Waals surface area contributed by atoms with Crippen LogP contribution in [0.3, 0.4) is 0 Å². The second-order valence-electron chi connectivity index (χ2n) is 14.1. The average Bonchev–Trinajstić information content (AvgIpc) is 3.19. The maximum Gasteiger partial charge on any atom is 0.361 e. The fourth-order valence-corrected chi connectivity index (χ4v) is 5.14. The maximum absolute atomic E-state index is 12.2. The molecular weight excluding hydrogens is 750 g/mol. The quantitative estimate of drug-likeness (QED) is 0.0109. The lowest BCUT2D eigenvalue weighted by Crippen LogP contribution is -2.46. The molecule has 0 aliphatic heterocycles. The molecule has 0 amide bonds. The van der Waals surface area contributed by atoms with Crippen molar-refractivity contribution in [3.8, 4) is 0 Å². The molecule has 0 heterocycles. The Labute approximate surface area is 342 Å². The van der Waals surface area contributed by atoms with Crippen molar-refractivity contribution in [1.29, 1.82) is 0 Å². The van der Waals surface area contributed by atoms with Gasteiger partial charge in [-0.1, -0.05) is 129 Å². The lowest BCUT2D eigenvalue weighted by molar-refractivity contribution is -0.883. The van der Waals surface area contributed by atoms with E-state index in [9.17, 15) is 4.79 Å². The van der Waals surface area contributed by atoms with Gasteiger partial charge < -0.3 is 42.7 Å². The zero-order chi connectivity index (χ0) is 41.4. The molecule has 0 saturated heterocycles. The summed E-state index contributed by atoms with van der Waals surface area (Å²) in [5.41, 5.74) is 0. The number of carbonyl (C=O) groups excluding carboxylic acids is 1. The van der Waals surface area contributed by atoms with Gasteiger partial charge >= 0.3 is 5.97 Å². The molecule has 0 saturated carbocycles. The molecule has 0 unspecified atom stereocenters. The van der Waals surface area contributed by atoms with Crippen LogP contribution in [0.5, 0.6) is 0 Å². The highest BCUT2D eigenvalue weighted by atomic mass is 17.8. The maximum atomic E-state index is 12.2. The van der Waals surface area contributed by atoms with E-state index in [2.05, 4.69) is 53.7 Å². The standard InChI is InChI=1S/C40H78NO16/c1-5-7-9-11-13-15-17-19-21-23-26-43-29-33-49-53-54-50-35-31-46-39-47-38-45-28-25-41(3,4)37-40(42)48-32-36-52-56-57-55-51-34-30-44-27-24-22-20-18-16-14-12-10-8-6-2/h29-30,33-34H,5-28,31-32,35-39H2,1-4H3/q+1/b33-29+,34-30-. The minimum atomic E-state index is -0.417. The Kier molecular flexibility index (Phi) is 44.5. The molecule has 17 heteroatoms. The van der Waals surface area contributed by atoms with Gasteiger partial charge in [0.05, 0.1) is 40.5 Å². The summed E-state index contributed by atoms with van der Waals surface area (Å²) >= 11 is 0. The molecule has 0 aromatic rings. The van der Waals surface area contributed by atoms with Gasteiger partial charge in [-0.15, -0.1) is 0 Å². The number of carbonyl (C=O) groups is 1. The van der Waals surface area contributed by atoms with Crippen molar-refractivity contribution >= 4 is 5.97 Å². The largest absolute Gasteiger partial charge is 0.498 e. The minimum Gasteiger partial charge on any atom is -0.498 e. The summed E-state index contributed by atoms with van der Waals surface area (Å²) in [5.74, 6) is -0.417. The predicted octanol–water partition coefficient (Wildman–Crippen LogP) is 8.94. The fraction of sp³-hybridized carbons (Fsp3) is 0.875. The van der Waals surface area contributed by atoms with Crippen LogP contribution in [-0.2, 0) is 78.0 Å². The van der Waals surface area contributed by atoms with Gasteiger partial charge in [-0.3, -0.25) is 0 Å². The van der Waals surface area contributed by atoms with E-state index in [1.807, 2.05) is 14.1 Å². The first-order valence-electron chi connectivity index (χ1n) is 21.2. The van der Waals surface area contributed by atoms with Gasteiger partial charge in [-0.25, -0.2) is 14.6 Å². The molecule has 0 radical (unpaired) electrons. The van der Waals surface area contributed by atoms with E-state index in [0.29, 0.717) is 30.8 Å². The van der Waals surface area contributed by atoms with Gasteiger partial charge in [0.1, 0.15) is 52.5 Å². The summed E-state index contributed by atoms with van der Waals surface area (Å²) in [6.45, 7) is 6.86. The van der Waals surface area contributed by atoms with Crippen LogP contribution in [0.1, 0.15) is 142 Å². The third-order valence-electron chi connectivity index (χ3n) is 8.38.